The Bertz CT molecular complexity index is 468. The van der Waals surface area contributed by atoms with Gasteiger partial charge in [0.25, 0.3) is 0 Å². The van der Waals surface area contributed by atoms with Gasteiger partial charge < -0.3 is 5.11 Å². The largest absolute Gasteiger partial charge is 0.478 e. The molecule has 20 heavy (non-hydrogen) atoms. The van der Waals surface area contributed by atoms with Gasteiger partial charge in [0.05, 0.1) is 5.56 Å². The van der Waals surface area contributed by atoms with E-state index in [0.29, 0.717) is 11.6 Å². The third-order valence-corrected chi connectivity index (χ3v) is 4.91. The first-order valence-electron chi connectivity index (χ1n) is 7.30. The molecule has 4 heteroatoms. The molecule has 1 saturated carbocycles. The van der Waals surface area contributed by atoms with E-state index < -0.39 is 5.97 Å². The molecule has 1 N–H and O–H groups in total. The van der Waals surface area contributed by atoms with Crippen molar-refractivity contribution < 1.29 is 9.90 Å². The highest BCUT2D eigenvalue weighted by Gasteiger charge is 2.18. The van der Waals surface area contributed by atoms with Crippen LogP contribution >= 0.6 is 15.9 Å². The van der Waals surface area contributed by atoms with Gasteiger partial charge in [-0.25, -0.2) is 4.79 Å². The van der Waals surface area contributed by atoms with Crippen molar-refractivity contribution in [2.24, 2.45) is 0 Å². The zero-order chi connectivity index (χ0) is 14.5. The molecule has 0 bridgehead atoms. The minimum Gasteiger partial charge on any atom is -0.478 e. The standard InChI is InChI=1S/C16H22BrNO2/c1-18(14-6-4-2-3-5-7-14)11-13-9-8-12(16(19)20)10-15(13)17/h8-10,14H,2-7,11H2,1H3,(H,19,20). The molecule has 1 aromatic carbocycles. The third-order valence-electron chi connectivity index (χ3n) is 4.17. The van der Waals surface area contributed by atoms with E-state index in [4.69, 9.17) is 5.11 Å². The van der Waals surface area contributed by atoms with Crippen LogP contribution in [0.3, 0.4) is 0 Å². The molecule has 1 aliphatic rings. The molecule has 0 aliphatic heterocycles. The normalized spacial score (nSPS) is 17.1. The Hall–Kier alpha value is -0.870. The SMILES string of the molecule is CN(Cc1ccc(C(=O)O)cc1Br)C1CCCCCC1. The minimum atomic E-state index is -0.880. The molecule has 2 rings (SSSR count). The molecule has 0 atom stereocenters. The van der Waals surface area contributed by atoms with Crippen molar-refractivity contribution in [1.29, 1.82) is 0 Å². The molecule has 110 valence electrons. The van der Waals surface area contributed by atoms with E-state index in [9.17, 15) is 4.79 Å². The van der Waals surface area contributed by atoms with Crippen LogP contribution in [0, 0.1) is 0 Å². The summed E-state index contributed by atoms with van der Waals surface area (Å²) < 4.78 is 0.887. The zero-order valence-electron chi connectivity index (χ0n) is 11.9. The van der Waals surface area contributed by atoms with Crippen molar-refractivity contribution in [3.05, 3.63) is 33.8 Å². The number of carboxylic acid groups (broad SMARTS) is 1. The Labute approximate surface area is 129 Å². The van der Waals surface area contributed by atoms with E-state index in [2.05, 4.69) is 27.9 Å². The van der Waals surface area contributed by atoms with E-state index in [1.807, 2.05) is 6.07 Å². The molecular weight excluding hydrogens is 318 g/mol. The summed E-state index contributed by atoms with van der Waals surface area (Å²) in [5.41, 5.74) is 1.49. The van der Waals surface area contributed by atoms with E-state index in [1.165, 1.54) is 38.5 Å². The molecule has 0 unspecified atom stereocenters. The monoisotopic (exact) mass is 339 g/mol. The fourth-order valence-corrected chi connectivity index (χ4v) is 3.41. The Morgan fingerprint density at radius 2 is 1.95 bits per heavy atom. The van der Waals surface area contributed by atoms with Crippen molar-refractivity contribution in [2.75, 3.05) is 7.05 Å². The van der Waals surface area contributed by atoms with Crippen LogP contribution < -0.4 is 0 Å². The van der Waals surface area contributed by atoms with Crippen molar-refractivity contribution in [1.82, 2.24) is 4.90 Å². The van der Waals surface area contributed by atoms with Gasteiger partial charge in [-0.1, -0.05) is 47.7 Å². The molecule has 0 radical (unpaired) electrons. The lowest BCUT2D eigenvalue weighted by atomic mass is 10.1. The second-order valence-corrected chi connectivity index (χ2v) is 6.53. The first-order chi connectivity index (χ1) is 9.58. The average Bonchev–Trinajstić information content (AvgIpc) is 2.69. The molecule has 1 fully saturated rings. The number of nitrogens with zero attached hydrogens (tertiary/aromatic N) is 1. The van der Waals surface area contributed by atoms with Crippen LogP contribution in [0.1, 0.15) is 54.4 Å². The number of halogens is 1. The van der Waals surface area contributed by atoms with Gasteiger partial charge >= 0.3 is 5.97 Å². The Balaban J connectivity index is 2.03. The molecule has 0 spiro atoms. The molecule has 0 saturated heterocycles. The fourth-order valence-electron chi connectivity index (χ4n) is 2.90. The minimum absolute atomic E-state index is 0.331. The number of rotatable bonds is 4. The maximum Gasteiger partial charge on any atom is 0.335 e. The van der Waals surface area contributed by atoms with Gasteiger partial charge in [0, 0.05) is 17.1 Å². The molecular formula is C16H22BrNO2. The number of carboxylic acids is 1. The van der Waals surface area contributed by atoms with Crippen molar-refractivity contribution >= 4 is 21.9 Å². The van der Waals surface area contributed by atoms with Crippen LogP contribution in [0.2, 0.25) is 0 Å². The summed E-state index contributed by atoms with van der Waals surface area (Å²) in [6.07, 6.45) is 7.94. The summed E-state index contributed by atoms with van der Waals surface area (Å²) in [5, 5.41) is 8.99. The lowest BCUT2D eigenvalue weighted by molar-refractivity contribution is 0.0697. The number of aromatic carboxylic acids is 1. The van der Waals surface area contributed by atoms with E-state index in [0.717, 1.165) is 16.6 Å². The summed E-state index contributed by atoms with van der Waals surface area (Å²) in [7, 11) is 2.17. The lowest BCUT2D eigenvalue weighted by Crippen LogP contribution is -2.30. The van der Waals surface area contributed by atoms with Crippen LogP contribution in [0.4, 0.5) is 0 Å². The van der Waals surface area contributed by atoms with E-state index >= 15 is 0 Å². The van der Waals surface area contributed by atoms with Crippen LogP contribution in [0.25, 0.3) is 0 Å². The van der Waals surface area contributed by atoms with Gasteiger partial charge in [-0.05, 0) is 37.6 Å². The fraction of sp³-hybridized carbons (Fsp3) is 0.562. The summed E-state index contributed by atoms with van der Waals surface area (Å²) >= 11 is 3.49. The van der Waals surface area contributed by atoms with E-state index in [-0.39, 0.29) is 0 Å². The predicted octanol–water partition coefficient (Wildman–Crippen LogP) is 4.30. The highest BCUT2D eigenvalue weighted by atomic mass is 79.9. The number of hydrogen-bond acceptors (Lipinski definition) is 2. The van der Waals surface area contributed by atoms with Crippen molar-refractivity contribution in [2.45, 2.75) is 51.1 Å². The molecule has 1 aromatic rings. The van der Waals surface area contributed by atoms with E-state index in [1.54, 1.807) is 12.1 Å². The highest BCUT2D eigenvalue weighted by molar-refractivity contribution is 9.10. The number of hydrogen-bond donors (Lipinski definition) is 1. The average molecular weight is 340 g/mol. The second kappa shape index (κ2) is 7.23. The summed E-state index contributed by atoms with van der Waals surface area (Å²) in [6.45, 7) is 0.866. The smallest absolute Gasteiger partial charge is 0.335 e. The van der Waals surface area contributed by atoms with Crippen molar-refractivity contribution in [3.63, 3.8) is 0 Å². The highest BCUT2D eigenvalue weighted by Crippen LogP contribution is 2.25. The maximum atomic E-state index is 10.9. The zero-order valence-corrected chi connectivity index (χ0v) is 13.5. The van der Waals surface area contributed by atoms with Gasteiger partial charge in [-0.2, -0.15) is 0 Å². The van der Waals surface area contributed by atoms with Gasteiger partial charge in [-0.3, -0.25) is 4.90 Å². The predicted molar refractivity (Wildman–Crippen MR) is 84.1 cm³/mol. The Kier molecular flexibility index (Phi) is 5.61. The molecule has 0 aromatic heterocycles. The number of benzene rings is 1. The van der Waals surface area contributed by atoms with Gasteiger partial charge in [-0.15, -0.1) is 0 Å². The van der Waals surface area contributed by atoms with Crippen LogP contribution in [-0.2, 0) is 6.54 Å². The molecule has 3 nitrogen and oxygen atoms in total. The molecule has 0 amide bonds. The Morgan fingerprint density at radius 1 is 1.30 bits per heavy atom. The molecule has 1 aliphatic carbocycles. The topological polar surface area (TPSA) is 40.5 Å². The lowest BCUT2D eigenvalue weighted by Gasteiger charge is -2.27. The van der Waals surface area contributed by atoms with Crippen LogP contribution in [0.15, 0.2) is 22.7 Å². The number of carbonyl (C=O) groups is 1. The summed E-state index contributed by atoms with van der Waals surface area (Å²) in [4.78, 5) is 13.3. The first-order valence-corrected chi connectivity index (χ1v) is 8.09. The summed E-state index contributed by atoms with van der Waals surface area (Å²) in [6, 6.07) is 5.95. The maximum absolute atomic E-state index is 10.9. The molecule has 0 heterocycles. The van der Waals surface area contributed by atoms with Gasteiger partial charge in [0.1, 0.15) is 0 Å². The second-order valence-electron chi connectivity index (χ2n) is 5.67. The third kappa shape index (κ3) is 4.06. The van der Waals surface area contributed by atoms with Crippen molar-refractivity contribution in [3.8, 4) is 0 Å². The summed E-state index contributed by atoms with van der Waals surface area (Å²) in [5.74, 6) is -0.880. The van der Waals surface area contributed by atoms with Crippen LogP contribution in [-0.4, -0.2) is 29.1 Å². The van der Waals surface area contributed by atoms with Gasteiger partial charge in [0.2, 0.25) is 0 Å². The Morgan fingerprint density at radius 3 is 2.50 bits per heavy atom. The van der Waals surface area contributed by atoms with Gasteiger partial charge in [0.15, 0.2) is 0 Å². The van der Waals surface area contributed by atoms with Crippen LogP contribution in [0.5, 0.6) is 0 Å². The quantitative estimate of drug-likeness (QED) is 0.831. The first kappa shape index (κ1) is 15.5.